The van der Waals surface area contributed by atoms with E-state index < -0.39 is 12.1 Å². The Hall–Kier alpha value is -2.14. The van der Waals surface area contributed by atoms with Crippen LogP contribution in [0, 0.1) is 20.8 Å². The van der Waals surface area contributed by atoms with E-state index in [0.717, 1.165) is 26.9 Å². The molecule has 0 aliphatic rings. The zero-order valence-electron chi connectivity index (χ0n) is 14.1. The average Bonchev–Trinajstić information content (AvgIpc) is 2.50. The summed E-state index contributed by atoms with van der Waals surface area (Å²) in [6, 6.07) is 10.9. The highest BCUT2D eigenvalue weighted by molar-refractivity contribution is 9.10. The Kier molecular flexibility index (Phi) is 5.78. The van der Waals surface area contributed by atoms with Gasteiger partial charge in [0.15, 0.2) is 6.10 Å². The van der Waals surface area contributed by atoms with Gasteiger partial charge in [-0.3, -0.25) is 4.79 Å². The van der Waals surface area contributed by atoms with Crippen molar-refractivity contribution in [3.8, 4) is 0 Å². The van der Waals surface area contributed by atoms with E-state index in [4.69, 9.17) is 4.74 Å². The van der Waals surface area contributed by atoms with E-state index in [1.54, 1.807) is 25.1 Å². The Balaban J connectivity index is 2.06. The summed E-state index contributed by atoms with van der Waals surface area (Å²) in [5.74, 6) is -0.885. The van der Waals surface area contributed by atoms with E-state index in [-0.39, 0.29) is 5.91 Å². The number of ether oxygens (including phenoxy) is 1. The lowest BCUT2D eigenvalue weighted by atomic mass is 10.0. The van der Waals surface area contributed by atoms with Gasteiger partial charge in [0, 0.05) is 10.2 Å². The number of benzene rings is 2. The maximum Gasteiger partial charge on any atom is 0.338 e. The van der Waals surface area contributed by atoms with Gasteiger partial charge in [0.2, 0.25) is 0 Å². The minimum absolute atomic E-state index is 0.353. The van der Waals surface area contributed by atoms with Crippen molar-refractivity contribution >= 4 is 33.5 Å². The van der Waals surface area contributed by atoms with Crippen LogP contribution in [-0.4, -0.2) is 18.0 Å². The molecule has 0 aliphatic heterocycles. The number of anilines is 1. The molecule has 1 amide bonds. The SMILES string of the molecule is Cc1cc(C)c(NC(=O)[C@H](C)OC(=O)c2cccc(Br)c2)c(C)c1. The number of halogens is 1. The first kappa shape index (κ1) is 18.2. The smallest absolute Gasteiger partial charge is 0.338 e. The lowest BCUT2D eigenvalue weighted by Gasteiger charge is -2.17. The third-order valence-corrected chi connectivity index (χ3v) is 4.13. The summed E-state index contributed by atoms with van der Waals surface area (Å²) in [7, 11) is 0. The number of hydrogen-bond acceptors (Lipinski definition) is 3. The molecule has 4 nitrogen and oxygen atoms in total. The lowest BCUT2D eigenvalue weighted by molar-refractivity contribution is -0.123. The minimum Gasteiger partial charge on any atom is -0.449 e. The van der Waals surface area contributed by atoms with Gasteiger partial charge in [-0.15, -0.1) is 0 Å². The Labute approximate surface area is 150 Å². The van der Waals surface area contributed by atoms with Crippen molar-refractivity contribution < 1.29 is 14.3 Å². The van der Waals surface area contributed by atoms with E-state index in [1.165, 1.54) is 0 Å². The molecule has 2 aromatic rings. The molecule has 126 valence electrons. The largest absolute Gasteiger partial charge is 0.449 e. The van der Waals surface area contributed by atoms with Crippen LogP contribution in [-0.2, 0) is 9.53 Å². The molecule has 0 saturated heterocycles. The monoisotopic (exact) mass is 389 g/mol. The first-order valence-electron chi connectivity index (χ1n) is 7.63. The van der Waals surface area contributed by atoms with E-state index in [2.05, 4.69) is 21.2 Å². The van der Waals surface area contributed by atoms with Gasteiger partial charge in [-0.1, -0.05) is 39.7 Å². The molecule has 0 fully saturated rings. The zero-order valence-corrected chi connectivity index (χ0v) is 15.7. The summed E-state index contributed by atoms with van der Waals surface area (Å²) in [6.45, 7) is 7.44. The highest BCUT2D eigenvalue weighted by Crippen LogP contribution is 2.22. The number of hydrogen-bond donors (Lipinski definition) is 1. The molecular formula is C19H20BrNO3. The van der Waals surface area contributed by atoms with E-state index in [1.807, 2.05) is 39.0 Å². The molecule has 0 aliphatic carbocycles. The summed E-state index contributed by atoms with van der Waals surface area (Å²) in [6.07, 6.45) is -0.892. The van der Waals surface area contributed by atoms with Crippen LogP contribution in [0.1, 0.15) is 34.0 Å². The molecule has 0 spiro atoms. The van der Waals surface area contributed by atoms with Gasteiger partial charge >= 0.3 is 5.97 Å². The second-order valence-electron chi connectivity index (χ2n) is 5.82. The second kappa shape index (κ2) is 7.62. The molecule has 0 unspecified atom stereocenters. The Morgan fingerprint density at radius 3 is 2.29 bits per heavy atom. The predicted octanol–water partition coefficient (Wildman–Crippen LogP) is 4.56. The predicted molar refractivity (Wildman–Crippen MR) is 98.3 cm³/mol. The van der Waals surface area contributed by atoms with Gasteiger partial charge in [-0.05, 0) is 57.0 Å². The van der Waals surface area contributed by atoms with Gasteiger partial charge in [-0.2, -0.15) is 0 Å². The molecule has 5 heteroatoms. The Bertz CT molecular complexity index is 763. The molecule has 0 saturated carbocycles. The summed E-state index contributed by atoms with van der Waals surface area (Å²) in [5.41, 5.74) is 4.25. The van der Waals surface area contributed by atoms with Crippen LogP contribution in [0.25, 0.3) is 0 Å². The van der Waals surface area contributed by atoms with Gasteiger partial charge in [0.05, 0.1) is 5.56 Å². The van der Waals surface area contributed by atoms with Gasteiger partial charge in [0.25, 0.3) is 5.91 Å². The molecule has 0 heterocycles. The summed E-state index contributed by atoms with van der Waals surface area (Å²) in [4.78, 5) is 24.5. The number of amides is 1. The molecule has 0 bridgehead atoms. The number of nitrogens with one attached hydrogen (secondary N) is 1. The molecule has 1 N–H and O–H groups in total. The van der Waals surface area contributed by atoms with Crippen LogP contribution in [0.4, 0.5) is 5.69 Å². The van der Waals surface area contributed by atoms with Crippen molar-refractivity contribution in [3.05, 3.63) is 63.1 Å². The van der Waals surface area contributed by atoms with Crippen molar-refractivity contribution in [3.63, 3.8) is 0 Å². The molecule has 1 atom stereocenters. The minimum atomic E-state index is -0.892. The number of esters is 1. The summed E-state index contributed by atoms with van der Waals surface area (Å²) >= 11 is 3.30. The third-order valence-electron chi connectivity index (χ3n) is 3.64. The first-order valence-corrected chi connectivity index (χ1v) is 8.42. The van der Waals surface area contributed by atoms with Crippen molar-refractivity contribution in [2.24, 2.45) is 0 Å². The number of carbonyl (C=O) groups is 2. The van der Waals surface area contributed by atoms with E-state index in [0.29, 0.717) is 5.56 Å². The Morgan fingerprint density at radius 2 is 1.71 bits per heavy atom. The maximum atomic E-state index is 12.3. The van der Waals surface area contributed by atoms with Crippen LogP contribution >= 0.6 is 15.9 Å². The highest BCUT2D eigenvalue weighted by Gasteiger charge is 2.20. The highest BCUT2D eigenvalue weighted by atomic mass is 79.9. The molecule has 2 aromatic carbocycles. The van der Waals surface area contributed by atoms with Gasteiger partial charge < -0.3 is 10.1 Å². The van der Waals surface area contributed by atoms with Crippen molar-refractivity contribution in [2.45, 2.75) is 33.8 Å². The van der Waals surface area contributed by atoms with Crippen LogP contribution in [0.2, 0.25) is 0 Å². The van der Waals surface area contributed by atoms with E-state index >= 15 is 0 Å². The quantitative estimate of drug-likeness (QED) is 0.779. The molecule has 0 aromatic heterocycles. The number of carbonyl (C=O) groups excluding carboxylic acids is 2. The topological polar surface area (TPSA) is 55.4 Å². The average molecular weight is 390 g/mol. The van der Waals surface area contributed by atoms with Crippen LogP contribution < -0.4 is 5.32 Å². The summed E-state index contributed by atoms with van der Waals surface area (Å²) < 4.78 is 6.03. The zero-order chi connectivity index (χ0) is 17.9. The van der Waals surface area contributed by atoms with Crippen molar-refractivity contribution in [2.75, 3.05) is 5.32 Å². The van der Waals surface area contributed by atoms with Gasteiger partial charge in [0.1, 0.15) is 0 Å². The fraction of sp³-hybridized carbons (Fsp3) is 0.263. The van der Waals surface area contributed by atoms with E-state index in [9.17, 15) is 9.59 Å². The van der Waals surface area contributed by atoms with Crippen LogP contribution in [0.15, 0.2) is 40.9 Å². The van der Waals surface area contributed by atoms with Crippen LogP contribution in [0.5, 0.6) is 0 Å². The summed E-state index contributed by atoms with van der Waals surface area (Å²) in [5, 5.41) is 2.85. The molecule has 24 heavy (non-hydrogen) atoms. The number of aryl methyl sites for hydroxylation is 3. The standard InChI is InChI=1S/C19H20BrNO3/c1-11-8-12(2)17(13(3)9-11)21-18(22)14(4)24-19(23)15-6-5-7-16(20)10-15/h5-10,14H,1-4H3,(H,21,22)/t14-/m0/s1. The molecule has 2 rings (SSSR count). The number of rotatable bonds is 4. The fourth-order valence-electron chi connectivity index (χ4n) is 2.50. The molecule has 0 radical (unpaired) electrons. The van der Waals surface area contributed by atoms with Crippen molar-refractivity contribution in [1.29, 1.82) is 0 Å². The lowest BCUT2D eigenvalue weighted by Crippen LogP contribution is -2.30. The van der Waals surface area contributed by atoms with Gasteiger partial charge in [-0.25, -0.2) is 4.79 Å². The maximum absolute atomic E-state index is 12.3. The first-order chi connectivity index (χ1) is 11.3. The normalized spacial score (nSPS) is 11.7. The van der Waals surface area contributed by atoms with Crippen LogP contribution in [0.3, 0.4) is 0 Å². The second-order valence-corrected chi connectivity index (χ2v) is 6.74. The molecular weight excluding hydrogens is 370 g/mol. The fourth-order valence-corrected chi connectivity index (χ4v) is 2.90. The third kappa shape index (κ3) is 4.45. The van der Waals surface area contributed by atoms with Crippen molar-refractivity contribution in [1.82, 2.24) is 0 Å². The Morgan fingerprint density at radius 1 is 1.08 bits per heavy atom.